The first-order chi connectivity index (χ1) is 16.4. The standard InChI is InChI=1S/C23H22ClF3N6O2/c1-12-8-19(30-32(12)10-16-6-5-7-17(9-16)23(25,26)27)28-22(34)21-18(15(4)35-31-21)11-33-14(3)20(24)13(2)29-33/h5-9H,10-11H2,1-4H3,(H,28,30,34). The Kier molecular flexibility index (Phi) is 6.46. The number of hydrogen-bond acceptors (Lipinski definition) is 5. The Labute approximate surface area is 203 Å². The van der Waals surface area contributed by atoms with E-state index in [-0.39, 0.29) is 24.6 Å². The topological polar surface area (TPSA) is 90.8 Å². The molecular weight excluding hydrogens is 485 g/mol. The van der Waals surface area contributed by atoms with Gasteiger partial charge in [-0.3, -0.25) is 14.2 Å². The fourth-order valence-electron chi connectivity index (χ4n) is 3.66. The normalized spacial score (nSPS) is 11.8. The number of anilines is 1. The van der Waals surface area contributed by atoms with Crippen LogP contribution in [0.5, 0.6) is 0 Å². The average molecular weight is 507 g/mol. The molecule has 184 valence electrons. The molecule has 0 aliphatic rings. The van der Waals surface area contributed by atoms with Crippen molar-refractivity contribution in [2.75, 3.05) is 5.32 Å². The summed E-state index contributed by atoms with van der Waals surface area (Å²) in [5.74, 6) is 0.165. The molecule has 0 radical (unpaired) electrons. The minimum atomic E-state index is -4.43. The number of nitrogens with one attached hydrogen (secondary N) is 1. The van der Waals surface area contributed by atoms with Crippen LogP contribution in [0.3, 0.4) is 0 Å². The monoisotopic (exact) mass is 506 g/mol. The van der Waals surface area contributed by atoms with Gasteiger partial charge in [-0.05, 0) is 45.4 Å². The van der Waals surface area contributed by atoms with Crippen LogP contribution >= 0.6 is 11.6 Å². The van der Waals surface area contributed by atoms with Gasteiger partial charge >= 0.3 is 6.18 Å². The smallest absolute Gasteiger partial charge is 0.361 e. The molecule has 12 heteroatoms. The minimum Gasteiger partial charge on any atom is -0.361 e. The number of aromatic nitrogens is 5. The number of carbonyl (C=O) groups is 1. The summed E-state index contributed by atoms with van der Waals surface area (Å²) < 4.78 is 47.5. The highest BCUT2D eigenvalue weighted by molar-refractivity contribution is 6.31. The second kappa shape index (κ2) is 9.21. The van der Waals surface area contributed by atoms with E-state index in [0.29, 0.717) is 33.3 Å². The largest absolute Gasteiger partial charge is 0.416 e. The van der Waals surface area contributed by atoms with Gasteiger partial charge in [0.2, 0.25) is 0 Å². The van der Waals surface area contributed by atoms with Crippen LogP contribution in [0.2, 0.25) is 5.02 Å². The van der Waals surface area contributed by atoms with Crippen LogP contribution in [0.15, 0.2) is 34.9 Å². The van der Waals surface area contributed by atoms with Gasteiger partial charge in [0.15, 0.2) is 11.5 Å². The summed E-state index contributed by atoms with van der Waals surface area (Å²) in [6.07, 6.45) is -4.43. The molecule has 0 saturated carbocycles. The number of halogens is 4. The van der Waals surface area contributed by atoms with Crippen molar-refractivity contribution in [2.24, 2.45) is 0 Å². The van der Waals surface area contributed by atoms with Gasteiger partial charge < -0.3 is 9.84 Å². The number of aryl methyl sites for hydroxylation is 3. The fourth-order valence-corrected chi connectivity index (χ4v) is 3.80. The molecule has 0 saturated heterocycles. The Morgan fingerprint density at radius 1 is 1.09 bits per heavy atom. The van der Waals surface area contributed by atoms with Crippen LogP contribution < -0.4 is 5.32 Å². The first kappa shape index (κ1) is 24.5. The number of rotatable bonds is 6. The van der Waals surface area contributed by atoms with E-state index >= 15 is 0 Å². The lowest BCUT2D eigenvalue weighted by molar-refractivity contribution is -0.137. The fraction of sp³-hybridized carbons (Fsp3) is 0.304. The molecule has 4 rings (SSSR count). The van der Waals surface area contributed by atoms with Gasteiger partial charge in [-0.1, -0.05) is 28.9 Å². The highest BCUT2D eigenvalue weighted by Crippen LogP contribution is 2.30. The molecule has 0 spiro atoms. The van der Waals surface area contributed by atoms with Crippen LogP contribution in [0.1, 0.15) is 50.0 Å². The van der Waals surface area contributed by atoms with E-state index in [2.05, 4.69) is 20.7 Å². The molecule has 0 aliphatic carbocycles. The van der Waals surface area contributed by atoms with Gasteiger partial charge in [-0.15, -0.1) is 0 Å². The Hall–Kier alpha value is -3.60. The molecule has 1 aromatic carbocycles. The predicted octanol–water partition coefficient (Wildman–Crippen LogP) is 5.32. The molecule has 0 aliphatic heterocycles. The summed E-state index contributed by atoms with van der Waals surface area (Å²) in [4.78, 5) is 13.0. The second-order valence-corrected chi connectivity index (χ2v) is 8.57. The van der Waals surface area contributed by atoms with Gasteiger partial charge in [-0.2, -0.15) is 23.4 Å². The van der Waals surface area contributed by atoms with Gasteiger partial charge in [0.25, 0.3) is 5.91 Å². The van der Waals surface area contributed by atoms with Crippen molar-refractivity contribution in [1.82, 2.24) is 24.7 Å². The molecule has 3 heterocycles. The molecular formula is C23H22ClF3N6O2. The van der Waals surface area contributed by atoms with Crippen molar-refractivity contribution < 1.29 is 22.5 Å². The highest BCUT2D eigenvalue weighted by Gasteiger charge is 2.30. The number of hydrogen-bond donors (Lipinski definition) is 1. The molecule has 4 aromatic rings. The van der Waals surface area contributed by atoms with Gasteiger partial charge in [0.1, 0.15) is 5.76 Å². The zero-order chi connectivity index (χ0) is 25.5. The Balaban J connectivity index is 1.52. The zero-order valence-corrected chi connectivity index (χ0v) is 20.1. The molecule has 0 fully saturated rings. The average Bonchev–Trinajstić information content (AvgIpc) is 3.40. The van der Waals surface area contributed by atoms with E-state index in [4.69, 9.17) is 16.1 Å². The SMILES string of the molecule is Cc1nn(Cc2c(C(=O)Nc3cc(C)n(Cc4cccc(C(F)(F)F)c4)n3)noc2C)c(C)c1Cl. The first-order valence-corrected chi connectivity index (χ1v) is 11.0. The second-order valence-electron chi connectivity index (χ2n) is 8.19. The number of carbonyl (C=O) groups excluding carboxylic acids is 1. The lowest BCUT2D eigenvalue weighted by Crippen LogP contribution is -2.17. The van der Waals surface area contributed by atoms with E-state index in [1.165, 1.54) is 10.7 Å². The lowest BCUT2D eigenvalue weighted by Gasteiger charge is -2.09. The summed E-state index contributed by atoms with van der Waals surface area (Å²) >= 11 is 6.23. The van der Waals surface area contributed by atoms with Gasteiger partial charge in [-0.25, -0.2) is 0 Å². The molecule has 8 nitrogen and oxygen atoms in total. The van der Waals surface area contributed by atoms with Crippen molar-refractivity contribution in [3.8, 4) is 0 Å². The van der Waals surface area contributed by atoms with Crippen LogP contribution in [-0.2, 0) is 19.3 Å². The lowest BCUT2D eigenvalue weighted by atomic mass is 10.1. The molecule has 1 N–H and O–H groups in total. The summed E-state index contributed by atoms with van der Waals surface area (Å²) in [5.41, 5.74) is 2.41. The summed E-state index contributed by atoms with van der Waals surface area (Å²) in [6, 6.07) is 6.66. The van der Waals surface area contributed by atoms with Gasteiger partial charge in [0.05, 0.1) is 35.1 Å². The van der Waals surface area contributed by atoms with Crippen LogP contribution in [-0.4, -0.2) is 30.6 Å². The van der Waals surface area contributed by atoms with Crippen molar-refractivity contribution in [1.29, 1.82) is 0 Å². The highest BCUT2D eigenvalue weighted by atomic mass is 35.5. The number of benzene rings is 1. The summed E-state index contributed by atoms with van der Waals surface area (Å²) in [7, 11) is 0. The molecule has 1 amide bonds. The summed E-state index contributed by atoms with van der Waals surface area (Å²) in [6.45, 7) is 7.40. The van der Waals surface area contributed by atoms with Crippen molar-refractivity contribution >= 4 is 23.3 Å². The number of nitrogens with zero attached hydrogens (tertiary/aromatic N) is 5. The van der Waals surface area contributed by atoms with E-state index in [1.54, 1.807) is 37.6 Å². The third-order valence-corrected chi connectivity index (χ3v) is 6.16. The summed E-state index contributed by atoms with van der Waals surface area (Å²) in [5, 5.41) is 15.8. The number of alkyl halides is 3. The molecule has 3 aromatic heterocycles. The molecule has 0 bridgehead atoms. The zero-order valence-electron chi connectivity index (χ0n) is 19.4. The first-order valence-electron chi connectivity index (χ1n) is 10.6. The molecule has 0 atom stereocenters. The van der Waals surface area contributed by atoms with E-state index in [0.717, 1.165) is 17.8 Å². The molecule has 35 heavy (non-hydrogen) atoms. The Morgan fingerprint density at radius 2 is 1.83 bits per heavy atom. The maximum absolute atomic E-state index is 13.0. The van der Waals surface area contributed by atoms with Crippen LogP contribution in [0.25, 0.3) is 0 Å². The maximum Gasteiger partial charge on any atom is 0.416 e. The van der Waals surface area contributed by atoms with Crippen LogP contribution in [0, 0.1) is 27.7 Å². The predicted molar refractivity (Wildman–Crippen MR) is 123 cm³/mol. The van der Waals surface area contributed by atoms with Gasteiger partial charge in [0, 0.05) is 17.3 Å². The Bertz CT molecular complexity index is 1400. The quantitative estimate of drug-likeness (QED) is 0.382. The van der Waals surface area contributed by atoms with Crippen LogP contribution in [0.4, 0.5) is 19.0 Å². The third-order valence-electron chi connectivity index (χ3n) is 5.61. The van der Waals surface area contributed by atoms with E-state index in [9.17, 15) is 18.0 Å². The third kappa shape index (κ3) is 5.09. The maximum atomic E-state index is 13.0. The minimum absolute atomic E-state index is 0.0799. The molecule has 0 unspecified atom stereocenters. The number of amides is 1. The van der Waals surface area contributed by atoms with E-state index < -0.39 is 17.6 Å². The Morgan fingerprint density at radius 3 is 2.49 bits per heavy atom. The van der Waals surface area contributed by atoms with Crippen molar-refractivity contribution in [3.05, 3.63) is 80.6 Å². The van der Waals surface area contributed by atoms with E-state index in [1.807, 2.05) is 6.92 Å². The van der Waals surface area contributed by atoms with Crippen molar-refractivity contribution in [3.63, 3.8) is 0 Å². The van der Waals surface area contributed by atoms with Crippen molar-refractivity contribution in [2.45, 2.75) is 47.0 Å².